The van der Waals surface area contributed by atoms with E-state index in [0.717, 1.165) is 22.3 Å². The molecule has 0 aliphatic heterocycles. The third kappa shape index (κ3) is 7.09. The van der Waals surface area contributed by atoms with Crippen LogP contribution in [-0.4, -0.2) is 32.4 Å². The number of hydrogen-bond acceptors (Lipinski definition) is 6. The lowest BCUT2D eigenvalue weighted by molar-refractivity contribution is -0.137. The molecule has 43 heavy (non-hydrogen) atoms. The smallest absolute Gasteiger partial charge is 0.307 e. The Kier molecular flexibility index (Phi) is 8.99. The van der Waals surface area contributed by atoms with Gasteiger partial charge in [-0.3, -0.25) is 9.59 Å². The maximum absolute atomic E-state index is 11.9. The van der Waals surface area contributed by atoms with Crippen molar-refractivity contribution in [1.29, 1.82) is 0 Å². The second kappa shape index (κ2) is 12.5. The van der Waals surface area contributed by atoms with Crippen LogP contribution in [0.5, 0.6) is 34.5 Å². The summed E-state index contributed by atoms with van der Waals surface area (Å²) in [5.74, 6) is 0.525. The van der Waals surface area contributed by atoms with E-state index >= 15 is 0 Å². The van der Waals surface area contributed by atoms with Gasteiger partial charge in [0.05, 0.1) is 12.8 Å². The fourth-order valence-corrected chi connectivity index (χ4v) is 5.39. The molecule has 0 spiro atoms. The number of phenolic OH excluding ortho intramolecular Hbond substituents is 2. The molecule has 8 heteroatoms. The van der Waals surface area contributed by atoms with Gasteiger partial charge in [0.25, 0.3) is 0 Å². The summed E-state index contributed by atoms with van der Waals surface area (Å²) in [5.41, 5.74) is 6.79. The molecule has 4 aromatic rings. The molecule has 0 aliphatic carbocycles. The molecule has 4 rings (SSSR count). The number of aliphatic carboxylic acids is 2. The highest BCUT2D eigenvalue weighted by Crippen LogP contribution is 2.39. The van der Waals surface area contributed by atoms with Crippen molar-refractivity contribution in [2.75, 3.05) is 0 Å². The number of carboxylic acids is 2. The van der Waals surface area contributed by atoms with E-state index < -0.39 is 11.9 Å². The Morgan fingerprint density at radius 3 is 1.81 bits per heavy atom. The van der Waals surface area contributed by atoms with Crippen LogP contribution in [0.3, 0.4) is 0 Å². The third-order valence-corrected chi connectivity index (χ3v) is 7.48. The summed E-state index contributed by atoms with van der Waals surface area (Å²) >= 11 is 0. The summed E-state index contributed by atoms with van der Waals surface area (Å²) in [6, 6.07) is 13.8. The number of carbonyl (C=O) groups is 2. The number of benzene rings is 4. The zero-order valence-corrected chi connectivity index (χ0v) is 25.2. The van der Waals surface area contributed by atoms with Crippen molar-refractivity contribution in [3.63, 3.8) is 0 Å². The summed E-state index contributed by atoms with van der Waals surface area (Å²) in [5, 5.41) is 39.5. The van der Waals surface area contributed by atoms with Crippen LogP contribution in [0.25, 0.3) is 0 Å². The molecule has 4 N–H and O–H groups in total. The Morgan fingerprint density at radius 2 is 1.21 bits per heavy atom. The predicted molar refractivity (Wildman–Crippen MR) is 163 cm³/mol. The maximum Gasteiger partial charge on any atom is 0.307 e. The van der Waals surface area contributed by atoms with Crippen LogP contribution in [0.15, 0.2) is 48.5 Å². The van der Waals surface area contributed by atoms with E-state index in [1.165, 1.54) is 0 Å². The van der Waals surface area contributed by atoms with E-state index in [1.54, 1.807) is 69.3 Å². The first-order chi connectivity index (χ1) is 20.2. The lowest BCUT2D eigenvalue weighted by Gasteiger charge is -2.22. The highest BCUT2D eigenvalue weighted by atomic mass is 16.5. The predicted octanol–water partition coefficient (Wildman–Crippen LogP) is 7.38. The van der Waals surface area contributed by atoms with Gasteiger partial charge in [0.15, 0.2) is 0 Å². The number of carboxylic acid groups (broad SMARTS) is 2. The summed E-state index contributed by atoms with van der Waals surface area (Å²) in [4.78, 5) is 23.5. The molecule has 0 radical (unpaired) electrons. The first-order valence-electron chi connectivity index (χ1n) is 13.9. The van der Waals surface area contributed by atoms with Crippen molar-refractivity contribution in [1.82, 2.24) is 0 Å². The molecule has 0 aliphatic rings. The number of aromatic hydroxyl groups is 2. The minimum Gasteiger partial charge on any atom is -0.508 e. The van der Waals surface area contributed by atoms with Crippen LogP contribution in [-0.2, 0) is 28.9 Å². The van der Waals surface area contributed by atoms with Crippen molar-refractivity contribution in [3.05, 3.63) is 104 Å². The zero-order valence-electron chi connectivity index (χ0n) is 25.2. The number of aryl methyl sites for hydroxylation is 5. The van der Waals surface area contributed by atoms with E-state index in [4.69, 9.17) is 9.47 Å². The molecule has 0 bridgehead atoms. The number of hydrogen-bond donors (Lipinski definition) is 4. The number of phenols is 2. The van der Waals surface area contributed by atoms with Gasteiger partial charge in [-0.05, 0) is 128 Å². The number of rotatable bonds is 10. The Labute approximate surface area is 250 Å². The maximum atomic E-state index is 11.9. The molecule has 0 heterocycles. The van der Waals surface area contributed by atoms with E-state index in [-0.39, 0.29) is 30.8 Å². The highest BCUT2D eigenvalue weighted by Gasteiger charge is 2.21. The van der Waals surface area contributed by atoms with Gasteiger partial charge in [-0.25, -0.2) is 0 Å². The van der Waals surface area contributed by atoms with Crippen molar-refractivity contribution < 1.29 is 39.5 Å². The van der Waals surface area contributed by atoms with E-state index in [0.29, 0.717) is 56.4 Å². The molecule has 4 aromatic carbocycles. The molecule has 0 amide bonds. The molecule has 0 unspecified atom stereocenters. The Balaban J connectivity index is 1.87. The second-order valence-electron chi connectivity index (χ2n) is 11.1. The van der Waals surface area contributed by atoms with Gasteiger partial charge in [0.2, 0.25) is 0 Å². The lowest BCUT2D eigenvalue weighted by atomic mass is 9.89. The quantitative estimate of drug-likeness (QED) is 0.152. The first kappa shape index (κ1) is 31.0. The van der Waals surface area contributed by atoms with Crippen molar-refractivity contribution in [2.24, 2.45) is 0 Å². The van der Waals surface area contributed by atoms with Crippen LogP contribution in [0.1, 0.15) is 55.6 Å². The van der Waals surface area contributed by atoms with Gasteiger partial charge in [0.1, 0.15) is 34.5 Å². The van der Waals surface area contributed by atoms with Gasteiger partial charge in [-0.15, -0.1) is 0 Å². The standard InChI is InChI=1S/C35H36O8/c1-18-11-27(7-8-30(18)36)42-34-22(5)10-25(17-32(39)40)29(23(34)6)16-26-14-24(15-31(37)38)9-21(4)35(26)43-28-12-19(2)33(41)20(3)13-28/h7-14,36,41H,15-17H2,1-6H3,(H,37,38)(H,39,40). The normalized spacial score (nSPS) is 10.9. The van der Waals surface area contributed by atoms with Gasteiger partial charge >= 0.3 is 11.9 Å². The summed E-state index contributed by atoms with van der Waals surface area (Å²) in [6.45, 7) is 10.9. The largest absolute Gasteiger partial charge is 0.508 e. The summed E-state index contributed by atoms with van der Waals surface area (Å²) in [6.07, 6.45) is -0.149. The van der Waals surface area contributed by atoms with Crippen molar-refractivity contribution >= 4 is 11.9 Å². The van der Waals surface area contributed by atoms with Crippen molar-refractivity contribution in [3.8, 4) is 34.5 Å². The van der Waals surface area contributed by atoms with Crippen LogP contribution < -0.4 is 9.47 Å². The van der Waals surface area contributed by atoms with Crippen LogP contribution >= 0.6 is 0 Å². The Hall–Kier alpha value is -4.98. The van der Waals surface area contributed by atoms with Gasteiger partial charge in [0, 0.05) is 6.42 Å². The van der Waals surface area contributed by atoms with Crippen LogP contribution in [0, 0.1) is 41.5 Å². The Morgan fingerprint density at radius 1 is 0.628 bits per heavy atom. The molecule has 0 fully saturated rings. The topological polar surface area (TPSA) is 134 Å². The lowest BCUT2D eigenvalue weighted by Crippen LogP contribution is -2.10. The summed E-state index contributed by atoms with van der Waals surface area (Å²) < 4.78 is 12.7. The molecule has 8 nitrogen and oxygen atoms in total. The van der Waals surface area contributed by atoms with Gasteiger partial charge in [-0.1, -0.05) is 18.2 Å². The molecular weight excluding hydrogens is 548 g/mol. The minimum atomic E-state index is -0.981. The molecular formula is C35H36O8. The monoisotopic (exact) mass is 584 g/mol. The van der Waals surface area contributed by atoms with Crippen LogP contribution in [0.2, 0.25) is 0 Å². The average molecular weight is 585 g/mol. The fourth-order valence-electron chi connectivity index (χ4n) is 5.39. The van der Waals surface area contributed by atoms with Gasteiger partial charge < -0.3 is 29.9 Å². The molecule has 224 valence electrons. The SMILES string of the molecule is Cc1cc(Oc2c(C)cc(CC(=O)O)c(Cc3cc(CC(=O)O)cc(C)c3Oc3cc(C)c(O)c(C)c3)c2C)ccc1O. The van der Waals surface area contributed by atoms with Crippen LogP contribution in [0.4, 0.5) is 0 Å². The Bertz CT molecular complexity index is 1710. The average Bonchev–Trinajstić information content (AvgIpc) is 2.90. The third-order valence-electron chi connectivity index (χ3n) is 7.48. The number of ether oxygens (including phenoxy) is 2. The van der Waals surface area contributed by atoms with Gasteiger partial charge in [-0.2, -0.15) is 0 Å². The molecule has 0 saturated carbocycles. The first-order valence-corrected chi connectivity index (χ1v) is 13.9. The van der Waals surface area contributed by atoms with E-state index in [2.05, 4.69) is 0 Å². The molecule has 0 atom stereocenters. The second-order valence-corrected chi connectivity index (χ2v) is 11.1. The highest BCUT2D eigenvalue weighted by molar-refractivity contribution is 5.73. The molecule has 0 aromatic heterocycles. The minimum absolute atomic E-state index is 0.154. The van der Waals surface area contributed by atoms with E-state index in [9.17, 15) is 30.0 Å². The summed E-state index contributed by atoms with van der Waals surface area (Å²) in [7, 11) is 0. The zero-order chi connectivity index (χ0) is 31.6. The fraction of sp³-hybridized carbons (Fsp3) is 0.257. The van der Waals surface area contributed by atoms with Crippen molar-refractivity contribution in [2.45, 2.75) is 60.8 Å². The van der Waals surface area contributed by atoms with E-state index in [1.807, 2.05) is 20.8 Å². The molecule has 0 saturated heterocycles.